The van der Waals surface area contributed by atoms with Gasteiger partial charge >= 0.3 is 0 Å². The van der Waals surface area contributed by atoms with Crippen LogP contribution in [-0.2, 0) is 9.47 Å². The average Bonchev–Trinajstić information content (AvgIpc) is 3.22. The van der Waals surface area contributed by atoms with E-state index in [0.717, 1.165) is 92.3 Å². The number of ether oxygens (including phenoxy) is 3. The molecule has 0 radical (unpaired) electrons. The minimum Gasteiger partial charge on any atom is -0.491 e. The number of morpholine rings is 1. The molecule has 8 nitrogen and oxygen atoms in total. The second kappa shape index (κ2) is 9.35. The molecule has 2 saturated heterocycles. The highest BCUT2D eigenvalue weighted by Gasteiger charge is 2.27. The quantitative estimate of drug-likeness (QED) is 0.688. The van der Waals surface area contributed by atoms with E-state index in [0.29, 0.717) is 0 Å². The maximum atomic E-state index is 6.13. The zero-order chi connectivity index (χ0) is 22.9. The summed E-state index contributed by atoms with van der Waals surface area (Å²) in [5.41, 5.74) is 5.20. The van der Waals surface area contributed by atoms with Crippen molar-refractivity contribution in [3.05, 3.63) is 35.2 Å². The van der Waals surface area contributed by atoms with Gasteiger partial charge in [0.2, 0.25) is 0 Å². The highest BCUT2D eigenvalue weighted by Crippen LogP contribution is 2.35. The number of hydrazone groups is 1. The summed E-state index contributed by atoms with van der Waals surface area (Å²) in [6, 6.07) is 4.18. The van der Waals surface area contributed by atoms with Gasteiger partial charge in [0.25, 0.3) is 0 Å². The lowest BCUT2D eigenvalue weighted by atomic mass is 10.0. The largest absolute Gasteiger partial charge is 0.491 e. The summed E-state index contributed by atoms with van der Waals surface area (Å²) in [7, 11) is 2.02. The first-order chi connectivity index (χ1) is 16.0. The monoisotopic (exact) mass is 453 g/mol. The maximum Gasteiger partial charge on any atom is 0.150 e. The van der Waals surface area contributed by atoms with Crippen molar-refractivity contribution in [2.45, 2.75) is 52.4 Å². The molecule has 8 heteroatoms. The lowest BCUT2D eigenvalue weighted by molar-refractivity contribution is -0.0367. The molecular formula is C25H35N5O3. The number of rotatable bonds is 5. The standard InChI is InChI=1S/C25H35N5O3/c1-17(2)33-22-9-8-21-24(18(22)3)25(27-30(21)23-7-5-6-12-32-23)20-15-19(16-28(4)26-20)29-10-13-31-14-11-29/h8-9,15,17,23H,5-7,10-14,16H2,1-4H3. The van der Waals surface area contributed by atoms with Gasteiger partial charge in [0.1, 0.15) is 17.2 Å². The molecule has 0 aliphatic carbocycles. The molecule has 5 rings (SSSR count). The Bertz CT molecular complexity index is 1060. The van der Waals surface area contributed by atoms with Crippen LogP contribution in [0.15, 0.2) is 29.0 Å². The van der Waals surface area contributed by atoms with Crippen LogP contribution in [0.4, 0.5) is 0 Å². The third kappa shape index (κ3) is 4.46. The molecule has 33 heavy (non-hydrogen) atoms. The minimum absolute atomic E-state index is 0.0455. The van der Waals surface area contributed by atoms with E-state index in [4.69, 9.17) is 24.4 Å². The molecule has 3 aliphatic rings. The Hall–Kier alpha value is -2.58. The van der Waals surface area contributed by atoms with Gasteiger partial charge in [-0.1, -0.05) is 0 Å². The van der Waals surface area contributed by atoms with Crippen molar-refractivity contribution in [3.63, 3.8) is 0 Å². The maximum absolute atomic E-state index is 6.13. The third-order valence-electron chi connectivity index (χ3n) is 6.51. The Morgan fingerprint density at radius 2 is 1.94 bits per heavy atom. The van der Waals surface area contributed by atoms with E-state index in [-0.39, 0.29) is 12.3 Å². The Morgan fingerprint density at radius 1 is 1.12 bits per heavy atom. The van der Waals surface area contributed by atoms with Gasteiger partial charge in [-0.05, 0) is 58.2 Å². The van der Waals surface area contributed by atoms with Crippen molar-refractivity contribution in [3.8, 4) is 5.75 Å². The summed E-state index contributed by atoms with van der Waals surface area (Å²) in [6.07, 6.45) is 5.50. The fraction of sp³-hybridized carbons (Fsp3) is 0.600. The highest BCUT2D eigenvalue weighted by molar-refractivity contribution is 6.16. The first-order valence-corrected chi connectivity index (χ1v) is 12.1. The molecule has 178 valence electrons. The number of hydrogen-bond donors (Lipinski definition) is 0. The highest BCUT2D eigenvalue weighted by atomic mass is 16.5. The second-order valence-corrected chi connectivity index (χ2v) is 9.40. The summed E-state index contributed by atoms with van der Waals surface area (Å²) >= 11 is 0. The SMILES string of the molecule is Cc1c(OC(C)C)ccc2c1c(C1=NN(C)CC(N3CCOCC3)=C1)nn2C1CCCCO1. The van der Waals surface area contributed by atoms with Crippen molar-refractivity contribution in [1.29, 1.82) is 0 Å². The molecule has 2 fully saturated rings. The predicted molar refractivity (Wildman–Crippen MR) is 129 cm³/mol. The van der Waals surface area contributed by atoms with Gasteiger partial charge in [-0.3, -0.25) is 5.01 Å². The molecule has 1 atom stereocenters. The molecule has 1 aromatic carbocycles. The topological polar surface area (TPSA) is 64.3 Å². The molecule has 0 N–H and O–H groups in total. The summed E-state index contributed by atoms with van der Waals surface area (Å²) in [6.45, 7) is 11.1. The van der Waals surface area contributed by atoms with Crippen molar-refractivity contribution in [2.75, 3.05) is 46.5 Å². The summed E-state index contributed by atoms with van der Waals surface area (Å²) in [5, 5.41) is 13.1. The molecule has 1 unspecified atom stereocenters. The molecule has 0 spiro atoms. The van der Waals surface area contributed by atoms with Gasteiger partial charge in [0, 0.05) is 43.4 Å². The van der Waals surface area contributed by atoms with Crippen LogP contribution in [0.2, 0.25) is 0 Å². The van der Waals surface area contributed by atoms with Crippen LogP contribution >= 0.6 is 0 Å². The number of benzene rings is 1. The van der Waals surface area contributed by atoms with Gasteiger partial charge in [0.15, 0.2) is 6.23 Å². The van der Waals surface area contributed by atoms with Crippen molar-refractivity contribution in [1.82, 2.24) is 19.7 Å². The van der Waals surface area contributed by atoms with E-state index in [2.05, 4.69) is 48.6 Å². The van der Waals surface area contributed by atoms with E-state index in [9.17, 15) is 0 Å². The van der Waals surface area contributed by atoms with Gasteiger partial charge in [-0.2, -0.15) is 10.2 Å². The number of aromatic nitrogens is 2. The summed E-state index contributed by atoms with van der Waals surface area (Å²) in [4.78, 5) is 2.40. The Morgan fingerprint density at radius 3 is 2.67 bits per heavy atom. The first-order valence-electron chi connectivity index (χ1n) is 12.1. The van der Waals surface area contributed by atoms with Crippen LogP contribution in [0.25, 0.3) is 10.9 Å². The number of likely N-dealkylation sites (N-methyl/N-ethyl adjacent to an activating group) is 1. The fourth-order valence-corrected chi connectivity index (χ4v) is 4.92. The Balaban J connectivity index is 1.63. The second-order valence-electron chi connectivity index (χ2n) is 9.40. The lowest BCUT2D eigenvalue weighted by Crippen LogP contribution is -2.40. The summed E-state index contributed by atoms with van der Waals surface area (Å²) in [5.74, 6) is 0.894. The molecule has 0 bridgehead atoms. The third-order valence-corrected chi connectivity index (χ3v) is 6.51. The van der Waals surface area contributed by atoms with Crippen molar-refractivity contribution in [2.24, 2.45) is 5.10 Å². The zero-order valence-electron chi connectivity index (χ0n) is 20.2. The minimum atomic E-state index is -0.0455. The van der Waals surface area contributed by atoms with Crippen LogP contribution in [0.3, 0.4) is 0 Å². The van der Waals surface area contributed by atoms with Crippen LogP contribution in [0, 0.1) is 6.92 Å². The number of hydrogen-bond acceptors (Lipinski definition) is 7. The molecule has 1 aromatic heterocycles. The van der Waals surface area contributed by atoms with Crippen LogP contribution in [0.5, 0.6) is 5.75 Å². The molecule has 2 aromatic rings. The molecule has 0 saturated carbocycles. The number of nitrogens with zero attached hydrogens (tertiary/aromatic N) is 5. The number of fused-ring (bicyclic) bond motifs is 1. The molecule has 0 amide bonds. The molecular weight excluding hydrogens is 418 g/mol. The van der Waals surface area contributed by atoms with E-state index < -0.39 is 0 Å². The van der Waals surface area contributed by atoms with Crippen molar-refractivity contribution >= 4 is 16.6 Å². The Labute approximate surface area is 195 Å². The summed E-state index contributed by atoms with van der Waals surface area (Å²) < 4.78 is 19.9. The molecule has 4 heterocycles. The number of aryl methyl sites for hydroxylation is 1. The fourth-order valence-electron chi connectivity index (χ4n) is 4.92. The van der Waals surface area contributed by atoms with Gasteiger partial charge < -0.3 is 19.1 Å². The van der Waals surface area contributed by atoms with E-state index in [1.807, 2.05) is 12.1 Å². The van der Waals surface area contributed by atoms with Gasteiger partial charge in [-0.25, -0.2) is 4.68 Å². The van der Waals surface area contributed by atoms with Crippen molar-refractivity contribution < 1.29 is 14.2 Å². The van der Waals surface area contributed by atoms with E-state index in [1.165, 1.54) is 5.70 Å². The smallest absolute Gasteiger partial charge is 0.150 e. The van der Waals surface area contributed by atoms with E-state index >= 15 is 0 Å². The lowest BCUT2D eigenvalue weighted by Gasteiger charge is -2.34. The van der Waals surface area contributed by atoms with Crippen LogP contribution in [0.1, 0.15) is 50.6 Å². The first kappa shape index (κ1) is 22.2. The van der Waals surface area contributed by atoms with E-state index in [1.54, 1.807) is 0 Å². The van der Waals surface area contributed by atoms with Crippen LogP contribution < -0.4 is 4.74 Å². The van der Waals surface area contributed by atoms with Gasteiger partial charge in [-0.15, -0.1) is 0 Å². The number of allylic oxidation sites excluding steroid dienone is 1. The normalized spacial score (nSPS) is 22.0. The van der Waals surface area contributed by atoms with Crippen LogP contribution in [-0.4, -0.2) is 78.0 Å². The molecule has 3 aliphatic heterocycles. The Kier molecular flexibility index (Phi) is 6.29. The predicted octanol–water partition coefficient (Wildman–Crippen LogP) is 3.70. The average molecular weight is 454 g/mol. The van der Waals surface area contributed by atoms with Gasteiger partial charge in [0.05, 0.1) is 31.4 Å². The zero-order valence-corrected chi connectivity index (χ0v) is 20.2.